The fourth-order valence-corrected chi connectivity index (χ4v) is 4.79. The molecule has 0 aromatic heterocycles. The zero-order chi connectivity index (χ0) is 29.9. The van der Waals surface area contributed by atoms with Crippen molar-refractivity contribution in [1.82, 2.24) is 9.80 Å². The Kier molecular flexibility index (Phi) is 12.2. The van der Waals surface area contributed by atoms with Crippen LogP contribution < -0.4 is 20.1 Å². The van der Waals surface area contributed by atoms with Crippen LogP contribution in [0.2, 0.25) is 0 Å². The van der Waals surface area contributed by atoms with Crippen LogP contribution in [-0.4, -0.2) is 92.6 Å². The number of carbonyl (C=O) groups is 2. The first-order valence-corrected chi connectivity index (χ1v) is 14.3. The van der Waals surface area contributed by atoms with Crippen molar-refractivity contribution >= 4 is 23.3 Å². The monoisotopic (exact) mass is 570 g/mol. The van der Waals surface area contributed by atoms with Gasteiger partial charge in [0.25, 0.3) is 5.91 Å². The number of hydrogen-bond acceptors (Lipinski definition) is 7. The summed E-state index contributed by atoms with van der Waals surface area (Å²) in [5, 5.41) is 15.7. The Morgan fingerprint density at radius 1 is 1.12 bits per heavy atom. The summed E-state index contributed by atoms with van der Waals surface area (Å²) in [5.41, 5.74) is 1.37. The van der Waals surface area contributed by atoms with Gasteiger partial charge in [0.05, 0.1) is 37.5 Å². The molecule has 10 nitrogen and oxygen atoms in total. The van der Waals surface area contributed by atoms with Crippen molar-refractivity contribution < 1.29 is 28.9 Å². The molecule has 226 valence electrons. The van der Waals surface area contributed by atoms with Gasteiger partial charge in [0, 0.05) is 37.0 Å². The molecule has 2 aromatic rings. The molecule has 0 bridgehead atoms. The van der Waals surface area contributed by atoms with Crippen LogP contribution in [0.25, 0.3) is 0 Å². The summed E-state index contributed by atoms with van der Waals surface area (Å²) in [4.78, 5) is 30.7. The quantitative estimate of drug-likeness (QED) is 0.443. The molecule has 10 heteroatoms. The molecule has 0 saturated carbocycles. The number of carbonyl (C=O) groups excluding carboxylic acids is 2. The highest BCUT2D eigenvalue weighted by Crippen LogP contribution is 2.28. The van der Waals surface area contributed by atoms with Crippen molar-refractivity contribution in [3.8, 4) is 11.5 Å². The zero-order valence-corrected chi connectivity index (χ0v) is 25.2. The van der Waals surface area contributed by atoms with Crippen molar-refractivity contribution in [2.75, 3.05) is 58.1 Å². The van der Waals surface area contributed by atoms with Crippen molar-refractivity contribution in [1.29, 1.82) is 0 Å². The maximum Gasteiger partial charge on any atom is 0.323 e. The number of urea groups is 1. The maximum absolute atomic E-state index is 14.1. The molecular formula is C31H46N4O6. The third-order valence-electron chi connectivity index (χ3n) is 7.20. The Morgan fingerprint density at radius 3 is 2.46 bits per heavy atom. The third-order valence-corrected chi connectivity index (χ3v) is 7.20. The van der Waals surface area contributed by atoms with E-state index < -0.39 is 12.1 Å². The Hall–Kier alpha value is -3.34. The summed E-state index contributed by atoms with van der Waals surface area (Å²) in [6, 6.07) is 11.2. The molecule has 3 amide bonds. The largest absolute Gasteiger partial charge is 0.497 e. The highest BCUT2D eigenvalue weighted by molar-refractivity contribution is 6.02. The minimum Gasteiger partial charge on any atom is -0.497 e. The van der Waals surface area contributed by atoms with Crippen LogP contribution in [0, 0.1) is 5.92 Å². The van der Waals surface area contributed by atoms with Crippen LogP contribution in [0.3, 0.4) is 0 Å². The van der Waals surface area contributed by atoms with Crippen LogP contribution in [0.1, 0.15) is 50.4 Å². The van der Waals surface area contributed by atoms with E-state index >= 15 is 0 Å². The van der Waals surface area contributed by atoms with Crippen molar-refractivity contribution in [2.45, 2.75) is 58.3 Å². The second-order valence-corrected chi connectivity index (χ2v) is 11.1. The molecule has 2 aromatic carbocycles. The summed E-state index contributed by atoms with van der Waals surface area (Å²) < 4.78 is 17.7. The number of anilines is 2. The molecule has 0 radical (unpaired) electrons. The number of methoxy groups -OCH3 is 1. The second-order valence-electron chi connectivity index (χ2n) is 11.1. The molecule has 1 aliphatic heterocycles. The molecule has 3 N–H and O–H groups in total. The van der Waals surface area contributed by atoms with Gasteiger partial charge in [0.1, 0.15) is 11.5 Å². The number of benzene rings is 2. The number of aliphatic hydroxyl groups excluding tert-OH is 1. The van der Waals surface area contributed by atoms with Gasteiger partial charge >= 0.3 is 6.03 Å². The van der Waals surface area contributed by atoms with E-state index in [9.17, 15) is 14.7 Å². The molecule has 3 rings (SSSR count). The van der Waals surface area contributed by atoms with Gasteiger partial charge in [-0.2, -0.15) is 0 Å². The first-order valence-electron chi connectivity index (χ1n) is 14.3. The molecule has 0 aliphatic carbocycles. The number of nitrogens with zero attached hydrogens (tertiary/aromatic N) is 2. The second kappa shape index (κ2) is 15.6. The van der Waals surface area contributed by atoms with Gasteiger partial charge in [-0.05, 0) is 89.7 Å². The van der Waals surface area contributed by atoms with Gasteiger partial charge in [-0.25, -0.2) is 4.79 Å². The van der Waals surface area contributed by atoms with Gasteiger partial charge in [-0.3, -0.25) is 4.79 Å². The number of amides is 3. The molecule has 0 fully saturated rings. The Bertz CT molecular complexity index is 1130. The van der Waals surface area contributed by atoms with E-state index in [1.165, 1.54) is 0 Å². The summed E-state index contributed by atoms with van der Waals surface area (Å²) >= 11 is 0. The average molecular weight is 571 g/mol. The fourth-order valence-electron chi connectivity index (χ4n) is 4.79. The van der Waals surface area contributed by atoms with Crippen molar-refractivity contribution in [3.63, 3.8) is 0 Å². The summed E-state index contributed by atoms with van der Waals surface area (Å²) in [5.74, 6) is 0.869. The summed E-state index contributed by atoms with van der Waals surface area (Å²) in [6.45, 7) is 7.46. The molecule has 0 spiro atoms. The number of aliphatic hydroxyl groups is 1. The first kappa shape index (κ1) is 32.2. The van der Waals surface area contributed by atoms with E-state index in [0.717, 1.165) is 25.8 Å². The lowest BCUT2D eigenvalue weighted by Gasteiger charge is -2.35. The lowest BCUT2D eigenvalue weighted by molar-refractivity contribution is -0.0137. The molecule has 4 atom stereocenters. The SMILES string of the molecule is COc1ccc(NC(=O)Nc2ccc3c(c2)C(=O)N([C@@H](C)CO)C[C@@H](C)[C@H](CN(C)C)OCCCC[C@@H](C)O3)cc1. The van der Waals surface area contributed by atoms with E-state index in [4.69, 9.17) is 14.2 Å². The Balaban J connectivity index is 1.91. The highest BCUT2D eigenvalue weighted by Gasteiger charge is 2.30. The predicted octanol–water partition coefficient (Wildman–Crippen LogP) is 4.70. The van der Waals surface area contributed by atoms with Crippen molar-refractivity contribution in [3.05, 3.63) is 48.0 Å². The predicted molar refractivity (Wildman–Crippen MR) is 161 cm³/mol. The minimum atomic E-state index is -0.448. The van der Waals surface area contributed by atoms with Crippen LogP contribution in [0.4, 0.5) is 16.2 Å². The third kappa shape index (κ3) is 9.62. The maximum atomic E-state index is 14.1. The van der Waals surface area contributed by atoms with Crippen LogP contribution in [0.5, 0.6) is 11.5 Å². The molecule has 1 heterocycles. The fraction of sp³-hybridized carbons (Fsp3) is 0.548. The van der Waals surface area contributed by atoms with E-state index in [1.807, 2.05) is 27.9 Å². The normalized spacial score (nSPS) is 21.3. The molecule has 0 unspecified atom stereocenters. The molecule has 0 saturated heterocycles. The van der Waals surface area contributed by atoms with Gasteiger partial charge < -0.3 is 39.8 Å². The molecular weight excluding hydrogens is 524 g/mol. The van der Waals surface area contributed by atoms with Crippen molar-refractivity contribution in [2.24, 2.45) is 5.92 Å². The first-order chi connectivity index (χ1) is 19.6. The van der Waals surface area contributed by atoms with Gasteiger partial charge in [0.2, 0.25) is 0 Å². The van der Waals surface area contributed by atoms with E-state index in [1.54, 1.807) is 54.5 Å². The highest BCUT2D eigenvalue weighted by atomic mass is 16.5. The summed E-state index contributed by atoms with van der Waals surface area (Å²) in [6.07, 6.45) is 2.47. The molecule has 1 aliphatic rings. The number of rotatable bonds is 7. The number of nitrogens with one attached hydrogen (secondary N) is 2. The summed E-state index contributed by atoms with van der Waals surface area (Å²) in [7, 11) is 5.60. The van der Waals surface area contributed by atoms with Crippen LogP contribution in [-0.2, 0) is 4.74 Å². The van der Waals surface area contributed by atoms with Crippen LogP contribution >= 0.6 is 0 Å². The standard InChI is InChI=1S/C31H46N4O6/c1-21-18-35(22(2)20-36)30(37)27-17-25(33-31(38)32-24-10-13-26(39-6)14-11-24)12-15-28(27)41-23(3)9-7-8-16-40-29(21)19-34(4)5/h10-15,17,21-23,29,36H,7-9,16,18-20H2,1-6H3,(H2,32,33,38)/t21-,22+,23-,29+/m1/s1. The Morgan fingerprint density at radius 2 is 1.80 bits per heavy atom. The number of hydrogen-bond donors (Lipinski definition) is 3. The van der Waals surface area contributed by atoms with E-state index in [2.05, 4.69) is 22.5 Å². The topological polar surface area (TPSA) is 113 Å². The molecule has 41 heavy (non-hydrogen) atoms. The average Bonchev–Trinajstić information content (AvgIpc) is 2.94. The van der Waals surface area contributed by atoms with Gasteiger partial charge in [-0.15, -0.1) is 0 Å². The smallest absolute Gasteiger partial charge is 0.323 e. The van der Waals surface area contributed by atoms with Gasteiger partial charge in [-0.1, -0.05) is 6.92 Å². The Labute approximate surface area is 243 Å². The minimum absolute atomic E-state index is 0.0122. The number of fused-ring (bicyclic) bond motifs is 1. The lowest BCUT2D eigenvalue weighted by atomic mass is 10.0. The number of likely N-dealkylation sites (N-methyl/N-ethyl adjacent to an activating group) is 1. The van der Waals surface area contributed by atoms with Crippen LogP contribution in [0.15, 0.2) is 42.5 Å². The number of ether oxygens (including phenoxy) is 3. The van der Waals surface area contributed by atoms with E-state index in [0.29, 0.717) is 41.6 Å². The van der Waals surface area contributed by atoms with E-state index in [-0.39, 0.29) is 30.6 Å². The zero-order valence-electron chi connectivity index (χ0n) is 25.2. The lowest BCUT2D eigenvalue weighted by Crippen LogP contribution is -2.47. The van der Waals surface area contributed by atoms with Gasteiger partial charge in [0.15, 0.2) is 0 Å².